The predicted molar refractivity (Wildman–Crippen MR) is 102 cm³/mol. The highest BCUT2D eigenvalue weighted by molar-refractivity contribution is 6.04. The van der Waals surface area contributed by atoms with Gasteiger partial charge in [-0.2, -0.15) is 0 Å². The first-order valence-electron chi connectivity index (χ1n) is 9.89. The maximum Gasteiger partial charge on any atom is 0.160 e. The van der Waals surface area contributed by atoms with E-state index in [0.717, 1.165) is 37.1 Å². The molecule has 0 spiro atoms. The second-order valence-corrected chi connectivity index (χ2v) is 7.57. The Morgan fingerprint density at radius 1 is 0.800 bits per heavy atom. The Kier molecular flexibility index (Phi) is 3.93. The zero-order chi connectivity index (χ0) is 16.6. The van der Waals surface area contributed by atoms with Crippen molar-refractivity contribution in [3.8, 4) is 0 Å². The molecule has 0 saturated carbocycles. The predicted octanol–water partition coefficient (Wildman–Crippen LogP) is 3.95. The van der Waals surface area contributed by atoms with Crippen molar-refractivity contribution in [2.24, 2.45) is 0 Å². The number of fused-ring (bicyclic) bond motifs is 4. The summed E-state index contributed by atoms with van der Waals surface area (Å²) in [6.45, 7) is 4.63. The fourth-order valence-corrected chi connectivity index (χ4v) is 4.52. The van der Waals surface area contributed by atoms with Crippen LogP contribution in [-0.4, -0.2) is 39.1 Å². The average molecular weight is 334 g/mol. The fourth-order valence-electron chi connectivity index (χ4n) is 4.52. The van der Waals surface area contributed by atoms with E-state index in [0.29, 0.717) is 0 Å². The summed E-state index contributed by atoms with van der Waals surface area (Å²) in [5.41, 5.74) is 5.96. The second kappa shape index (κ2) is 6.41. The van der Waals surface area contributed by atoms with Crippen molar-refractivity contribution < 1.29 is 0 Å². The first-order valence-corrected chi connectivity index (χ1v) is 9.89. The molecule has 1 fully saturated rings. The molecule has 0 radical (unpaired) electrons. The number of aromatic nitrogens is 3. The lowest BCUT2D eigenvalue weighted by Gasteiger charge is -2.26. The molecule has 0 unspecified atom stereocenters. The number of piperidine rings is 1. The van der Waals surface area contributed by atoms with Crippen molar-refractivity contribution >= 4 is 22.1 Å². The van der Waals surface area contributed by atoms with Crippen molar-refractivity contribution in [1.82, 2.24) is 19.4 Å². The third-order valence-electron chi connectivity index (χ3n) is 5.90. The van der Waals surface area contributed by atoms with E-state index in [1.165, 1.54) is 67.5 Å². The number of likely N-dealkylation sites (tertiary alicyclic amines) is 1. The summed E-state index contributed by atoms with van der Waals surface area (Å²) in [6, 6.07) is 8.70. The highest BCUT2D eigenvalue weighted by atomic mass is 15.2. The summed E-state index contributed by atoms with van der Waals surface area (Å²) < 4.78 is 2.42. The van der Waals surface area contributed by atoms with Crippen LogP contribution in [-0.2, 0) is 19.4 Å². The fraction of sp³-hybridized carbons (Fsp3) is 0.524. The molecule has 2 aromatic heterocycles. The molecule has 0 atom stereocenters. The Morgan fingerprint density at radius 3 is 2.40 bits per heavy atom. The third-order valence-corrected chi connectivity index (χ3v) is 5.90. The van der Waals surface area contributed by atoms with Crippen molar-refractivity contribution in [2.75, 3.05) is 19.6 Å². The van der Waals surface area contributed by atoms with Gasteiger partial charge in [0.05, 0.1) is 16.9 Å². The van der Waals surface area contributed by atoms with Crippen LogP contribution >= 0.6 is 0 Å². The van der Waals surface area contributed by atoms with Gasteiger partial charge in [0, 0.05) is 18.5 Å². The van der Waals surface area contributed by atoms with E-state index in [1.807, 2.05) is 0 Å². The number of hydrogen-bond acceptors (Lipinski definition) is 3. The zero-order valence-electron chi connectivity index (χ0n) is 14.9. The Hall–Kier alpha value is -1.94. The molecule has 1 aliphatic carbocycles. The summed E-state index contributed by atoms with van der Waals surface area (Å²) in [7, 11) is 0. The Morgan fingerprint density at radius 2 is 1.56 bits per heavy atom. The lowest BCUT2D eigenvalue weighted by Crippen LogP contribution is -2.32. The number of para-hydroxylation sites is 1. The lowest BCUT2D eigenvalue weighted by atomic mass is 10.0. The molecule has 3 heterocycles. The topological polar surface area (TPSA) is 34.0 Å². The minimum atomic E-state index is 1.01. The third kappa shape index (κ3) is 2.73. The van der Waals surface area contributed by atoms with Crippen LogP contribution < -0.4 is 0 Å². The number of benzene rings is 1. The Bertz CT molecular complexity index is 905. The Labute approximate surface area is 148 Å². The molecule has 0 N–H and O–H groups in total. The SMILES string of the molecule is c1ccc2c(c1)c1nc3c(nc1n2CCN1CCCCC1)CCCC3. The monoisotopic (exact) mass is 334 g/mol. The van der Waals surface area contributed by atoms with Gasteiger partial charge in [-0.25, -0.2) is 9.97 Å². The van der Waals surface area contributed by atoms with Crippen LogP contribution in [0.5, 0.6) is 0 Å². The molecule has 0 bridgehead atoms. The smallest absolute Gasteiger partial charge is 0.160 e. The van der Waals surface area contributed by atoms with Gasteiger partial charge in [0.1, 0.15) is 5.52 Å². The molecule has 1 aliphatic heterocycles. The summed E-state index contributed by atoms with van der Waals surface area (Å²) in [6.07, 6.45) is 8.77. The molecule has 1 aromatic carbocycles. The van der Waals surface area contributed by atoms with Gasteiger partial charge in [0.2, 0.25) is 0 Å². The Balaban J connectivity index is 1.59. The first-order chi connectivity index (χ1) is 12.4. The minimum Gasteiger partial charge on any atom is -0.323 e. The van der Waals surface area contributed by atoms with Gasteiger partial charge in [-0.3, -0.25) is 0 Å². The average Bonchev–Trinajstić information content (AvgIpc) is 2.98. The van der Waals surface area contributed by atoms with E-state index in [1.54, 1.807) is 0 Å². The van der Waals surface area contributed by atoms with E-state index in [4.69, 9.17) is 9.97 Å². The zero-order valence-corrected chi connectivity index (χ0v) is 14.9. The number of rotatable bonds is 3. The second-order valence-electron chi connectivity index (χ2n) is 7.57. The maximum absolute atomic E-state index is 5.10. The van der Waals surface area contributed by atoms with Crippen molar-refractivity contribution in [3.05, 3.63) is 35.7 Å². The minimum absolute atomic E-state index is 1.01. The maximum atomic E-state index is 5.10. The molecule has 5 rings (SSSR count). The summed E-state index contributed by atoms with van der Waals surface area (Å²) >= 11 is 0. The van der Waals surface area contributed by atoms with Crippen LogP contribution in [0.15, 0.2) is 24.3 Å². The number of hydrogen-bond donors (Lipinski definition) is 0. The molecular formula is C21H26N4. The molecule has 1 saturated heterocycles. The van der Waals surface area contributed by atoms with E-state index < -0.39 is 0 Å². The van der Waals surface area contributed by atoms with Crippen LogP contribution in [0, 0.1) is 0 Å². The van der Waals surface area contributed by atoms with Gasteiger partial charge >= 0.3 is 0 Å². The summed E-state index contributed by atoms with van der Waals surface area (Å²) in [4.78, 5) is 12.8. The van der Waals surface area contributed by atoms with Crippen LogP contribution in [0.2, 0.25) is 0 Å². The standard InChI is InChI=1S/C21H26N4/c1-6-12-24(13-7-1)14-15-25-19-11-5-2-8-16(19)20-21(25)23-18-10-4-3-9-17(18)22-20/h2,5,8,11H,1,3-4,6-7,9-10,12-15H2. The van der Waals surface area contributed by atoms with Gasteiger partial charge in [-0.15, -0.1) is 0 Å². The normalized spacial score (nSPS) is 18.7. The van der Waals surface area contributed by atoms with Crippen molar-refractivity contribution in [2.45, 2.75) is 51.5 Å². The van der Waals surface area contributed by atoms with Crippen LogP contribution in [0.1, 0.15) is 43.5 Å². The van der Waals surface area contributed by atoms with Gasteiger partial charge < -0.3 is 9.47 Å². The van der Waals surface area contributed by atoms with Crippen molar-refractivity contribution in [3.63, 3.8) is 0 Å². The van der Waals surface area contributed by atoms with Gasteiger partial charge in [-0.1, -0.05) is 24.6 Å². The first kappa shape index (κ1) is 15.3. The summed E-state index contributed by atoms with van der Waals surface area (Å²) in [5.74, 6) is 0. The van der Waals surface area contributed by atoms with Gasteiger partial charge in [-0.05, 0) is 57.7 Å². The highest BCUT2D eigenvalue weighted by Crippen LogP contribution is 2.29. The number of nitrogens with zero attached hydrogens (tertiary/aromatic N) is 4. The summed E-state index contributed by atoms with van der Waals surface area (Å²) in [5, 5.41) is 1.26. The van der Waals surface area contributed by atoms with Crippen LogP contribution in [0.25, 0.3) is 22.1 Å². The molecular weight excluding hydrogens is 308 g/mol. The number of aryl methyl sites for hydroxylation is 2. The molecule has 4 heteroatoms. The molecule has 130 valence electrons. The molecule has 4 nitrogen and oxygen atoms in total. The quantitative estimate of drug-likeness (QED) is 0.727. The van der Waals surface area contributed by atoms with E-state index in [9.17, 15) is 0 Å². The van der Waals surface area contributed by atoms with E-state index in [-0.39, 0.29) is 0 Å². The lowest BCUT2D eigenvalue weighted by molar-refractivity contribution is 0.222. The van der Waals surface area contributed by atoms with Crippen molar-refractivity contribution in [1.29, 1.82) is 0 Å². The van der Waals surface area contributed by atoms with E-state index in [2.05, 4.69) is 33.7 Å². The molecule has 2 aliphatic rings. The van der Waals surface area contributed by atoms with Gasteiger partial charge in [0.25, 0.3) is 0 Å². The van der Waals surface area contributed by atoms with E-state index >= 15 is 0 Å². The van der Waals surface area contributed by atoms with Gasteiger partial charge in [0.15, 0.2) is 5.65 Å². The van der Waals surface area contributed by atoms with Crippen LogP contribution in [0.4, 0.5) is 0 Å². The van der Waals surface area contributed by atoms with Crippen LogP contribution in [0.3, 0.4) is 0 Å². The largest absolute Gasteiger partial charge is 0.323 e. The molecule has 3 aromatic rings. The molecule has 0 amide bonds. The molecule has 25 heavy (non-hydrogen) atoms. The highest BCUT2D eigenvalue weighted by Gasteiger charge is 2.19.